The number of H-pyrrole nitrogens is 1. The first-order valence-electron chi connectivity index (χ1n) is 7.24. The summed E-state index contributed by atoms with van der Waals surface area (Å²) in [5.74, 6) is 0. The van der Waals surface area contributed by atoms with Gasteiger partial charge in [-0.15, -0.1) is 0 Å². The molecule has 0 bridgehead atoms. The van der Waals surface area contributed by atoms with Crippen molar-refractivity contribution in [2.24, 2.45) is 0 Å². The first-order valence-corrected chi connectivity index (χ1v) is 7.24. The predicted octanol–water partition coefficient (Wildman–Crippen LogP) is 3.74. The fourth-order valence-corrected chi connectivity index (χ4v) is 2.52. The van der Waals surface area contributed by atoms with Gasteiger partial charge < -0.3 is 4.98 Å². The minimum absolute atomic E-state index is 0.637. The summed E-state index contributed by atoms with van der Waals surface area (Å²) in [5.41, 5.74) is 3.79. The maximum absolute atomic E-state index is 3.99. The lowest BCUT2D eigenvalue weighted by atomic mass is 10.2. The predicted molar refractivity (Wildman–Crippen MR) is 90.9 cm³/mol. The van der Waals surface area contributed by atoms with E-state index in [-0.39, 0.29) is 0 Å². The van der Waals surface area contributed by atoms with Crippen molar-refractivity contribution in [2.45, 2.75) is 0 Å². The fourth-order valence-electron chi connectivity index (χ4n) is 2.52. The van der Waals surface area contributed by atoms with E-state index in [2.05, 4.69) is 73.5 Å². The van der Waals surface area contributed by atoms with Crippen molar-refractivity contribution >= 4 is 33.0 Å². The van der Waals surface area contributed by atoms with Crippen LogP contribution in [-0.4, -0.2) is 24.9 Å². The molecule has 3 heterocycles. The lowest BCUT2D eigenvalue weighted by Gasteiger charge is -1.89. The topological polar surface area (TPSA) is 67.3 Å². The third kappa shape index (κ3) is 2.60. The van der Waals surface area contributed by atoms with Gasteiger partial charge in [-0.2, -0.15) is 0 Å². The van der Waals surface area contributed by atoms with Crippen LogP contribution < -0.4 is 0 Å². The molecule has 0 spiro atoms. The molecule has 0 aliphatic rings. The smallest absolute Gasteiger partial charge is 0.181 e. The van der Waals surface area contributed by atoms with Gasteiger partial charge in [0, 0.05) is 34.2 Å². The molecule has 5 nitrogen and oxygen atoms in total. The zero-order chi connectivity index (χ0) is 15.5. The van der Waals surface area contributed by atoms with E-state index >= 15 is 0 Å². The monoisotopic (exact) mass is 299 g/mol. The van der Waals surface area contributed by atoms with Crippen LogP contribution in [0.2, 0.25) is 0 Å². The molecule has 0 aliphatic heterocycles. The molecule has 0 fully saturated rings. The molecule has 110 valence electrons. The number of rotatable bonds is 0. The van der Waals surface area contributed by atoms with Crippen LogP contribution in [0.4, 0.5) is 0 Å². The van der Waals surface area contributed by atoms with E-state index < -0.39 is 0 Å². The van der Waals surface area contributed by atoms with E-state index in [4.69, 9.17) is 0 Å². The lowest BCUT2D eigenvalue weighted by Crippen LogP contribution is -1.85. The summed E-state index contributed by atoms with van der Waals surface area (Å²) in [7, 11) is 0. The standard InChI is InChI=1S/C12H9N.C6H4N4/c1-3-7-11-9(5-1)10-6-2-4-8-12(10)13-11;1-2-9-6-5(8-1)3-7-4-10-6/h1-8,13H;1-4H. The zero-order valence-electron chi connectivity index (χ0n) is 12.2. The third-order valence-corrected chi connectivity index (χ3v) is 3.56. The Labute approximate surface area is 132 Å². The summed E-state index contributed by atoms with van der Waals surface area (Å²) in [5, 5.41) is 2.61. The summed E-state index contributed by atoms with van der Waals surface area (Å²) < 4.78 is 0. The van der Waals surface area contributed by atoms with Crippen molar-refractivity contribution in [2.75, 3.05) is 0 Å². The number of aromatic amines is 1. The molecule has 1 N–H and O–H groups in total. The number of hydrogen-bond donors (Lipinski definition) is 1. The third-order valence-electron chi connectivity index (χ3n) is 3.56. The summed E-state index contributed by atoms with van der Waals surface area (Å²) in [4.78, 5) is 19.0. The summed E-state index contributed by atoms with van der Waals surface area (Å²) in [6.45, 7) is 0. The molecule has 5 heteroatoms. The van der Waals surface area contributed by atoms with Crippen molar-refractivity contribution in [3.63, 3.8) is 0 Å². The Balaban J connectivity index is 0.000000122. The second-order valence-electron chi connectivity index (χ2n) is 5.00. The Morgan fingerprint density at radius 1 is 0.696 bits per heavy atom. The minimum atomic E-state index is 0.637. The molecule has 0 amide bonds. The molecule has 2 aromatic carbocycles. The van der Waals surface area contributed by atoms with Gasteiger partial charge in [-0.1, -0.05) is 36.4 Å². The van der Waals surface area contributed by atoms with E-state index in [0.717, 1.165) is 5.52 Å². The molecule has 0 radical (unpaired) electrons. The number of nitrogens with zero attached hydrogens (tertiary/aromatic N) is 4. The van der Waals surface area contributed by atoms with Gasteiger partial charge in [-0.3, -0.25) is 0 Å². The highest BCUT2D eigenvalue weighted by Crippen LogP contribution is 2.24. The average molecular weight is 299 g/mol. The average Bonchev–Trinajstić information content (AvgIpc) is 3.01. The van der Waals surface area contributed by atoms with Gasteiger partial charge in [-0.25, -0.2) is 19.9 Å². The van der Waals surface area contributed by atoms with Crippen molar-refractivity contribution in [1.29, 1.82) is 0 Å². The van der Waals surface area contributed by atoms with Crippen LogP contribution in [-0.2, 0) is 0 Å². The first kappa shape index (κ1) is 13.3. The van der Waals surface area contributed by atoms with Crippen LogP contribution in [0.15, 0.2) is 73.4 Å². The Hall–Kier alpha value is -3.34. The SMILES string of the molecule is c1ccc2c(c1)[nH]c1ccccc12.c1cnc2ncncc2n1. The molecule has 0 aliphatic carbocycles. The fraction of sp³-hybridized carbons (Fsp3) is 0. The molecule has 5 rings (SSSR count). The number of para-hydroxylation sites is 2. The van der Waals surface area contributed by atoms with Crippen molar-refractivity contribution < 1.29 is 0 Å². The van der Waals surface area contributed by atoms with E-state index in [9.17, 15) is 0 Å². The minimum Gasteiger partial charge on any atom is -0.355 e. The number of hydrogen-bond acceptors (Lipinski definition) is 4. The van der Waals surface area contributed by atoms with E-state index in [1.807, 2.05) is 0 Å². The van der Waals surface area contributed by atoms with Gasteiger partial charge in [-0.05, 0) is 12.1 Å². The van der Waals surface area contributed by atoms with Crippen molar-refractivity contribution in [3.05, 3.63) is 73.4 Å². The van der Waals surface area contributed by atoms with Crippen LogP contribution in [0.25, 0.3) is 33.0 Å². The molecule has 0 saturated carbocycles. The molecule has 3 aromatic heterocycles. The molecule has 0 unspecified atom stereocenters. The number of benzene rings is 2. The van der Waals surface area contributed by atoms with Gasteiger partial charge in [0.05, 0.1) is 6.20 Å². The van der Waals surface area contributed by atoms with Crippen molar-refractivity contribution in [3.8, 4) is 0 Å². The molecule has 0 atom stereocenters. The Bertz CT molecular complexity index is 968. The number of aromatic nitrogens is 5. The van der Waals surface area contributed by atoms with Crippen LogP contribution >= 0.6 is 0 Å². The molecule has 0 saturated heterocycles. The van der Waals surface area contributed by atoms with Crippen LogP contribution in [0.5, 0.6) is 0 Å². The van der Waals surface area contributed by atoms with Gasteiger partial charge in [0.1, 0.15) is 11.8 Å². The van der Waals surface area contributed by atoms with E-state index in [0.29, 0.717) is 5.65 Å². The quantitative estimate of drug-likeness (QED) is 0.473. The first-order chi connectivity index (χ1) is 11.4. The van der Waals surface area contributed by atoms with Gasteiger partial charge >= 0.3 is 0 Å². The molecule has 23 heavy (non-hydrogen) atoms. The largest absolute Gasteiger partial charge is 0.355 e. The number of fused-ring (bicyclic) bond motifs is 4. The maximum Gasteiger partial charge on any atom is 0.181 e. The highest BCUT2D eigenvalue weighted by Gasteiger charge is 2.00. The number of nitrogens with one attached hydrogen (secondary N) is 1. The van der Waals surface area contributed by atoms with Crippen molar-refractivity contribution in [1.82, 2.24) is 24.9 Å². The van der Waals surface area contributed by atoms with Gasteiger partial charge in [0.2, 0.25) is 0 Å². The highest BCUT2D eigenvalue weighted by molar-refractivity contribution is 6.06. The van der Waals surface area contributed by atoms with E-state index in [1.54, 1.807) is 18.6 Å². The molecule has 5 aromatic rings. The van der Waals surface area contributed by atoms with Crippen LogP contribution in [0, 0.1) is 0 Å². The molecular formula is C18H13N5. The zero-order valence-corrected chi connectivity index (χ0v) is 12.2. The van der Waals surface area contributed by atoms with Crippen LogP contribution in [0.3, 0.4) is 0 Å². The molecular weight excluding hydrogens is 286 g/mol. The summed E-state index contributed by atoms with van der Waals surface area (Å²) >= 11 is 0. The van der Waals surface area contributed by atoms with Gasteiger partial charge in [0.25, 0.3) is 0 Å². The summed E-state index contributed by atoms with van der Waals surface area (Å²) in [6.07, 6.45) is 6.31. The maximum atomic E-state index is 3.99. The second kappa shape index (κ2) is 5.81. The Morgan fingerprint density at radius 3 is 2.04 bits per heavy atom. The normalized spacial score (nSPS) is 10.6. The second-order valence-corrected chi connectivity index (χ2v) is 5.00. The van der Waals surface area contributed by atoms with Gasteiger partial charge in [0.15, 0.2) is 5.65 Å². The highest BCUT2D eigenvalue weighted by atomic mass is 14.9. The lowest BCUT2D eigenvalue weighted by molar-refractivity contribution is 1.15. The summed E-state index contributed by atoms with van der Waals surface area (Å²) in [6, 6.07) is 16.8. The van der Waals surface area contributed by atoms with Crippen LogP contribution in [0.1, 0.15) is 0 Å². The Morgan fingerprint density at radius 2 is 1.35 bits per heavy atom. The van der Waals surface area contributed by atoms with E-state index in [1.165, 1.54) is 28.1 Å². The Kier molecular flexibility index (Phi) is 3.37.